The summed E-state index contributed by atoms with van der Waals surface area (Å²) in [5, 5.41) is 0. The van der Waals surface area contributed by atoms with E-state index in [-0.39, 0.29) is 5.91 Å². The van der Waals surface area contributed by atoms with Crippen LogP contribution < -0.4 is 4.90 Å². The highest BCUT2D eigenvalue weighted by atomic mass is 16.2. The smallest absolute Gasteiger partial charge is 0.226 e. The van der Waals surface area contributed by atoms with Crippen LogP contribution in [-0.4, -0.2) is 30.4 Å². The van der Waals surface area contributed by atoms with Crippen LogP contribution in [-0.2, 0) is 11.3 Å². The van der Waals surface area contributed by atoms with E-state index < -0.39 is 0 Å². The Balaban J connectivity index is 1.55. The second-order valence-corrected chi connectivity index (χ2v) is 6.90. The number of likely N-dealkylation sites (tertiary alicyclic amines) is 1. The Morgan fingerprint density at radius 2 is 1.60 bits per heavy atom. The first-order valence-electron chi connectivity index (χ1n) is 9.38. The van der Waals surface area contributed by atoms with E-state index in [9.17, 15) is 4.79 Å². The number of hydrogen-bond acceptors (Lipinski definition) is 2. The lowest BCUT2D eigenvalue weighted by atomic mass is 9.95. The van der Waals surface area contributed by atoms with Gasteiger partial charge in [0.05, 0.1) is 0 Å². The fourth-order valence-electron chi connectivity index (χ4n) is 3.58. The van der Waals surface area contributed by atoms with Crippen LogP contribution in [0.4, 0.5) is 5.69 Å². The molecule has 0 unspecified atom stereocenters. The van der Waals surface area contributed by atoms with Crippen molar-refractivity contribution >= 4 is 11.6 Å². The second kappa shape index (κ2) is 8.82. The van der Waals surface area contributed by atoms with Gasteiger partial charge in [0.2, 0.25) is 5.91 Å². The van der Waals surface area contributed by atoms with Crippen molar-refractivity contribution in [3.63, 3.8) is 0 Å². The van der Waals surface area contributed by atoms with Crippen molar-refractivity contribution in [1.82, 2.24) is 4.90 Å². The summed E-state index contributed by atoms with van der Waals surface area (Å²) in [7, 11) is 0. The first kappa shape index (κ1) is 17.7. The quantitative estimate of drug-likeness (QED) is 0.783. The molecule has 1 saturated heterocycles. The highest BCUT2D eigenvalue weighted by Crippen LogP contribution is 2.23. The molecule has 0 spiro atoms. The molecule has 3 rings (SSSR count). The minimum atomic E-state index is 0.220. The van der Waals surface area contributed by atoms with Crippen LogP contribution in [0, 0.1) is 5.92 Å². The van der Waals surface area contributed by atoms with Crippen molar-refractivity contribution in [2.45, 2.75) is 32.7 Å². The Morgan fingerprint density at radius 1 is 1.00 bits per heavy atom. The Kier molecular flexibility index (Phi) is 6.24. The number of rotatable bonds is 6. The van der Waals surface area contributed by atoms with Gasteiger partial charge in [-0.1, -0.05) is 55.5 Å². The van der Waals surface area contributed by atoms with E-state index in [1.165, 1.54) is 5.56 Å². The molecule has 25 heavy (non-hydrogen) atoms. The first-order valence-corrected chi connectivity index (χ1v) is 9.38. The Hall–Kier alpha value is -2.13. The highest BCUT2D eigenvalue weighted by Gasteiger charge is 2.24. The summed E-state index contributed by atoms with van der Waals surface area (Å²) in [5.74, 6) is 0.806. The molecule has 1 amide bonds. The van der Waals surface area contributed by atoms with Crippen molar-refractivity contribution in [1.29, 1.82) is 0 Å². The van der Waals surface area contributed by atoms with E-state index in [4.69, 9.17) is 0 Å². The van der Waals surface area contributed by atoms with Crippen molar-refractivity contribution in [2.75, 3.05) is 24.5 Å². The molecule has 0 atom stereocenters. The van der Waals surface area contributed by atoms with Crippen LogP contribution in [0.3, 0.4) is 0 Å². The van der Waals surface area contributed by atoms with Gasteiger partial charge in [-0.3, -0.25) is 9.69 Å². The van der Waals surface area contributed by atoms with Crippen LogP contribution in [0.2, 0.25) is 0 Å². The molecule has 1 heterocycles. The first-order chi connectivity index (χ1) is 12.3. The van der Waals surface area contributed by atoms with Gasteiger partial charge >= 0.3 is 0 Å². The molecule has 1 aliphatic rings. The van der Waals surface area contributed by atoms with Gasteiger partial charge in [0.1, 0.15) is 0 Å². The number of hydrogen-bond donors (Lipinski definition) is 0. The van der Waals surface area contributed by atoms with Crippen LogP contribution in [0.15, 0.2) is 60.7 Å². The number of carbonyl (C=O) groups is 1. The standard InChI is InChI=1S/C22H28N2O/c1-2-22(25)24(21-11-7-4-8-12-21)18-20-13-15-23(16-14-20)17-19-9-5-3-6-10-19/h3-12,20H,2,13-18H2,1H3. The Morgan fingerprint density at radius 3 is 2.20 bits per heavy atom. The van der Waals surface area contributed by atoms with E-state index >= 15 is 0 Å². The molecule has 0 aliphatic carbocycles. The number of anilines is 1. The fraction of sp³-hybridized carbons (Fsp3) is 0.409. The van der Waals surface area contributed by atoms with Crippen molar-refractivity contribution < 1.29 is 4.79 Å². The number of nitrogens with zero attached hydrogens (tertiary/aromatic N) is 2. The molecule has 0 N–H and O–H groups in total. The predicted octanol–water partition coefficient (Wildman–Crippen LogP) is 4.34. The lowest BCUT2D eigenvalue weighted by molar-refractivity contribution is -0.118. The third-order valence-corrected chi connectivity index (χ3v) is 5.07. The minimum absolute atomic E-state index is 0.220. The average molecular weight is 336 g/mol. The summed E-state index contributed by atoms with van der Waals surface area (Å²) in [4.78, 5) is 16.9. The van der Waals surface area contributed by atoms with E-state index in [0.717, 1.165) is 44.7 Å². The van der Waals surface area contributed by atoms with Gasteiger partial charge in [0, 0.05) is 25.2 Å². The molecule has 0 radical (unpaired) electrons. The van der Waals surface area contributed by atoms with E-state index in [1.807, 2.05) is 42.2 Å². The molecule has 1 fully saturated rings. The zero-order valence-electron chi connectivity index (χ0n) is 15.1. The summed E-state index contributed by atoms with van der Waals surface area (Å²) in [5.41, 5.74) is 2.41. The average Bonchev–Trinajstić information content (AvgIpc) is 2.68. The zero-order valence-corrected chi connectivity index (χ0v) is 15.1. The van der Waals surface area contributed by atoms with E-state index in [1.54, 1.807) is 0 Å². The van der Waals surface area contributed by atoms with Gasteiger partial charge in [-0.2, -0.15) is 0 Å². The molecular formula is C22H28N2O. The summed E-state index contributed by atoms with van der Waals surface area (Å²) < 4.78 is 0. The summed E-state index contributed by atoms with van der Waals surface area (Å²) in [6.45, 7) is 6.05. The monoisotopic (exact) mass is 336 g/mol. The maximum absolute atomic E-state index is 12.4. The number of carbonyl (C=O) groups excluding carboxylic acids is 1. The summed E-state index contributed by atoms with van der Waals surface area (Å²) >= 11 is 0. The van der Waals surface area contributed by atoms with Gasteiger partial charge in [0.15, 0.2) is 0 Å². The van der Waals surface area contributed by atoms with Crippen molar-refractivity contribution in [3.05, 3.63) is 66.2 Å². The third-order valence-electron chi connectivity index (χ3n) is 5.07. The molecule has 3 heteroatoms. The Labute approximate surface area is 151 Å². The molecule has 0 bridgehead atoms. The maximum atomic E-state index is 12.4. The normalized spacial score (nSPS) is 15.9. The summed E-state index contributed by atoms with van der Waals surface area (Å²) in [6, 6.07) is 20.8. The minimum Gasteiger partial charge on any atom is -0.312 e. The van der Waals surface area contributed by atoms with Crippen molar-refractivity contribution in [2.24, 2.45) is 5.92 Å². The van der Waals surface area contributed by atoms with Gasteiger partial charge in [-0.05, 0) is 49.5 Å². The van der Waals surface area contributed by atoms with Crippen LogP contribution in [0.1, 0.15) is 31.7 Å². The van der Waals surface area contributed by atoms with Gasteiger partial charge in [-0.15, -0.1) is 0 Å². The van der Waals surface area contributed by atoms with Gasteiger partial charge in [-0.25, -0.2) is 0 Å². The molecule has 2 aromatic carbocycles. The SMILES string of the molecule is CCC(=O)N(CC1CCN(Cc2ccccc2)CC1)c1ccccc1. The van der Waals surface area contributed by atoms with E-state index in [0.29, 0.717) is 12.3 Å². The number of benzene rings is 2. The summed E-state index contributed by atoms with van der Waals surface area (Å²) in [6.07, 6.45) is 2.88. The number of amides is 1. The molecule has 2 aromatic rings. The van der Waals surface area contributed by atoms with E-state index in [2.05, 4.69) is 35.2 Å². The highest BCUT2D eigenvalue weighted by molar-refractivity contribution is 5.93. The van der Waals surface area contributed by atoms with Crippen LogP contribution in [0.5, 0.6) is 0 Å². The molecule has 0 aromatic heterocycles. The lowest BCUT2D eigenvalue weighted by Gasteiger charge is -2.35. The topological polar surface area (TPSA) is 23.6 Å². The van der Waals surface area contributed by atoms with Crippen molar-refractivity contribution in [3.8, 4) is 0 Å². The molecule has 0 saturated carbocycles. The third kappa shape index (κ3) is 4.93. The Bertz CT molecular complexity index is 648. The zero-order chi connectivity index (χ0) is 17.5. The molecular weight excluding hydrogens is 308 g/mol. The van der Waals surface area contributed by atoms with Crippen LogP contribution in [0.25, 0.3) is 0 Å². The maximum Gasteiger partial charge on any atom is 0.226 e. The molecule has 3 nitrogen and oxygen atoms in total. The number of piperidine rings is 1. The largest absolute Gasteiger partial charge is 0.312 e. The predicted molar refractivity (Wildman–Crippen MR) is 104 cm³/mol. The molecule has 132 valence electrons. The fourth-order valence-corrected chi connectivity index (χ4v) is 3.58. The second-order valence-electron chi connectivity index (χ2n) is 6.90. The van der Waals surface area contributed by atoms with Gasteiger partial charge in [0.25, 0.3) is 0 Å². The lowest BCUT2D eigenvalue weighted by Crippen LogP contribution is -2.40. The number of para-hydroxylation sites is 1. The molecule has 1 aliphatic heterocycles. The van der Waals surface area contributed by atoms with Gasteiger partial charge < -0.3 is 4.90 Å². The van der Waals surface area contributed by atoms with Crippen LogP contribution >= 0.6 is 0 Å².